The molecule has 0 unspecified atom stereocenters. The van der Waals surface area contributed by atoms with Crippen molar-refractivity contribution in [2.24, 2.45) is 0 Å². The van der Waals surface area contributed by atoms with E-state index in [1.165, 1.54) is 33.4 Å². The number of nitrogens with zero attached hydrogens (tertiary/aromatic N) is 1. The van der Waals surface area contributed by atoms with Gasteiger partial charge in [-0.25, -0.2) is 0 Å². The van der Waals surface area contributed by atoms with Crippen molar-refractivity contribution in [3.8, 4) is 44.5 Å². The summed E-state index contributed by atoms with van der Waals surface area (Å²) in [7, 11) is 0. The molecule has 0 aliphatic rings. The van der Waals surface area contributed by atoms with Gasteiger partial charge in [0.05, 0.1) is 11.1 Å². The largest absolute Gasteiger partial charge is 0.455 e. The highest BCUT2D eigenvalue weighted by Crippen LogP contribution is 2.47. The molecule has 9 aromatic carbocycles. The molecule has 54 heavy (non-hydrogen) atoms. The van der Waals surface area contributed by atoms with E-state index in [9.17, 15) is 0 Å². The fourth-order valence-corrected chi connectivity index (χ4v) is 7.73. The minimum atomic E-state index is 0.860. The van der Waals surface area contributed by atoms with Crippen molar-refractivity contribution in [3.63, 3.8) is 0 Å². The van der Waals surface area contributed by atoms with E-state index in [4.69, 9.17) is 4.42 Å². The Kier molecular flexibility index (Phi) is 7.85. The van der Waals surface area contributed by atoms with Crippen molar-refractivity contribution < 1.29 is 4.42 Å². The summed E-state index contributed by atoms with van der Waals surface area (Å²) in [5.74, 6) is 0. The van der Waals surface area contributed by atoms with Crippen molar-refractivity contribution >= 4 is 49.8 Å². The van der Waals surface area contributed by atoms with Crippen molar-refractivity contribution in [2.45, 2.75) is 0 Å². The minimum Gasteiger partial charge on any atom is -0.455 e. The highest BCUT2D eigenvalue weighted by molar-refractivity contribution is 6.20. The SMILES string of the molecule is c1ccc(-c2ccc(-c3ccc(N(c4ccc(-c5ccccc5)cc4)c4cc(-c5ccccc5)cc5oc6c7ccccc7ccc6c45)cc3)cc2)cc1. The molecule has 2 nitrogen and oxygen atoms in total. The van der Waals surface area contributed by atoms with Crippen LogP contribution in [0.1, 0.15) is 0 Å². The standard InChI is InChI=1S/C52H35NO/c1-4-12-36(13-5-1)39-20-22-40(23-21-39)42-26-31-46(32-27-42)53(45-29-24-41(25-30-45)37-14-6-2-7-15-37)49-34-44(38-16-8-3-9-17-38)35-50-51(49)48-33-28-43-18-10-11-19-47(43)52(48)54-50/h1-35H. The van der Waals surface area contributed by atoms with Crippen LogP contribution in [0.2, 0.25) is 0 Å². The lowest BCUT2D eigenvalue weighted by Crippen LogP contribution is -2.10. The molecule has 0 spiro atoms. The first-order valence-electron chi connectivity index (χ1n) is 18.4. The molecule has 254 valence electrons. The highest BCUT2D eigenvalue weighted by atomic mass is 16.3. The molecule has 0 saturated carbocycles. The van der Waals surface area contributed by atoms with Gasteiger partial charge in [-0.1, -0.05) is 170 Å². The van der Waals surface area contributed by atoms with Gasteiger partial charge in [-0.15, -0.1) is 0 Å². The summed E-state index contributed by atoms with van der Waals surface area (Å²) < 4.78 is 6.86. The van der Waals surface area contributed by atoms with Gasteiger partial charge in [0.25, 0.3) is 0 Å². The van der Waals surface area contributed by atoms with Gasteiger partial charge < -0.3 is 9.32 Å². The van der Waals surface area contributed by atoms with Gasteiger partial charge >= 0.3 is 0 Å². The third-order valence-corrected chi connectivity index (χ3v) is 10.5. The molecular weight excluding hydrogens is 655 g/mol. The van der Waals surface area contributed by atoms with Gasteiger partial charge in [0.15, 0.2) is 0 Å². The van der Waals surface area contributed by atoms with Gasteiger partial charge in [0.2, 0.25) is 0 Å². The molecule has 0 aliphatic heterocycles. The molecule has 10 aromatic rings. The lowest BCUT2D eigenvalue weighted by molar-refractivity contribution is 0.673. The molecule has 1 aromatic heterocycles. The van der Waals surface area contributed by atoms with Crippen LogP contribution in [-0.2, 0) is 0 Å². The summed E-state index contributed by atoms with van der Waals surface area (Å²) in [5.41, 5.74) is 14.3. The first-order valence-corrected chi connectivity index (χ1v) is 18.4. The minimum absolute atomic E-state index is 0.860. The number of fused-ring (bicyclic) bond motifs is 5. The number of hydrogen-bond acceptors (Lipinski definition) is 2. The highest BCUT2D eigenvalue weighted by Gasteiger charge is 2.22. The lowest BCUT2D eigenvalue weighted by atomic mass is 9.98. The van der Waals surface area contributed by atoms with E-state index in [2.05, 4.69) is 217 Å². The molecule has 0 atom stereocenters. The molecular formula is C52H35NO. The monoisotopic (exact) mass is 689 g/mol. The topological polar surface area (TPSA) is 16.4 Å². The van der Waals surface area contributed by atoms with Crippen LogP contribution in [0, 0.1) is 0 Å². The first-order chi connectivity index (χ1) is 26.8. The number of rotatable bonds is 7. The van der Waals surface area contributed by atoms with Crippen LogP contribution in [-0.4, -0.2) is 0 Å². The summed E-state index contributed by atoms with van der Waals surface area (Å²) >= 11 is 0. The van der Waals surface area contributed by atoms with E-state index >= 15 is 0 Å². The molecule has 0 aliphatic carbocycles. The van der Waals surface area contributed by atoms with Crippen LogP contribution in [0.4, 0.5) is 17.1 Å². The van der Waals surface area contributed by atoms with Crippen molar-refractivity contribution in [1.82, 2.24) is 0 Å². The summed E-state index contributed by atoms with van der Waals surface area (Å²) in [6, 6.07) is 75.8. The summed E-state index contributed by atoms with van der Waals surface area (Å²) in [5, 5.41) is 4.46. The lowest BCUT2D eigenvalue weighted by Gasteiger charge is -2.27. The average Bonchev–Trinajstić information content (AvgIpc) is 3.65. The maximum atomic E-state index is 6.86. The Morgan fingerprint density at radius 1 is 0.315 bits per heavy atom. The van der Waals surface area contributed by atoms with E-state index < -0.39 is 0 Å². The number of benzene rings is 9. The number of hydrogen-bond donors (Lipinski definition) is 0. The smallest absolute Gasteiger partial charge is 0.143 e. The maximum Gasteiger partial charge on any atom is 0.143 e. The van der Waals surface area contributed by atoms with E-state index in [-0.39, 0.29) is 0 Å². The Bertz CT molecular complexity index is 2880. The first kappa shape index (κ1) is 31.6. The van der Waals surface area contributed by atoms with Gasteiger partial charge in [0, 0.05) is 22.1 Å². The van der Waals surface area contributed by atoms with Crippen molar-refractivity contribution in [1.29, 1.82) is 0 Å². The van der Waals surface area contributed by atoms with E-state index in [0.717, 1.165) is 60.9 Å². The Morgan fingerprint density at radius 3 is 1.26 bits per heavy atom. The zero-order chi connectivity index (χ0) is 35.8. The van der Waals surface area contributed by atoms with Gasteiger partial charge in [-0.2, -0.15) is 0 Å². The van der Waals surface area contributed by atoms with Crippen LogP contribution >= 0.6 is 0 Å². The fourth-order valence-electron chi connectivity index (χ4n) is 7.73. The second-order valence-corrected chi connectivity index (χ2v) is 13.7. The molecule has 1 heterocycles. The molecule has 0 N–H and O–H groups in total. The van der Waals surface area contributed by atoms with Crippen molar-refractivity contribution in [3.05, 3.63) is 212 Å². The summed E-state index contributed by atoms with van der Waals surface area (Å²) in [4.78, 5) is 2.38. The zero-order valence-electron chi connectivity index (χ0n) is 29.6. The Morgan fingerprint density at radius 2 is 0.741 bits per heavy atom. The predicted molar refractivity (Wildman–Crippen MR) is 228 cm³/mol. The van der Waals surface area contributed by atoms with Crippen LogP contribution in [0.15, 0.2) is 217 Å². The number of furan rings is 1. The third-order valence-electron chi connectivity index (χ3n) is 10.5. The molecule has 10 rings (SSSR count). The zero-order valence-corrected chi connectivity index (χ0v) is 29.6. The number of anilines is 3. The Hall–Kier alpha value is -7.16. The summed E-state index contributed by atoms with van der Waals surface area (Å²) in [6.07, 6.45) is 0. The Balaban J connectivity index is 1.16. The van der Waals surface area contributed by atoms with E-state index in [1.807, 2.05) is 0 Å². The van der Waals surface area contributed by atoms with Crippen LogP contribution < -0.4 is 4.90 Å². The van der Waals surface area contributed by atoms with Gasteiger partial charge in [-0.05, 0) is 92.4 Å². The quantitative estimate of drug-likeness (QED) is 0.166. The second kappa shape index (κ2) is 13.4. The molecule has 0 bridgehead atoms. The molecule has 0 radical (unpaired) electrons. The predicted octanol–water partition coefficient (Wildman–Crippen LogP) is 14.9. The maximum absolute atomic E-state index is 6.86. The van der Waals surface area contributed by atoms with E-state index in [1.54, 1.807) is 0 Å². The molecule has 0 fully saturated rings. The fraction of sp³-hybridized carbons (Fsp3) is 0. The average molecular weight is 690 g/mol. The molecule has 0 saturated heterocycles. The molecule has 0 amide bonds. The van der Waals surface area contributed by atoms with Crippen LogP contribution in [0.25, 0.3) is 77.2 Å². The van der Waals surface area contributed by atoms with Crippen molar-refractivity contribution in [2.75, 3.05) is 4.90 Å². The normalized spacial score (nSPS) is 11.3. The van der Waals surface area contributed by atoms with E-state index in [0.29, 0.717) is 0 Å². The summed E-state index contributed by atoms with van der Waals surface area (Å²) in [6.45, 7) is 0. The van der Waals surface area contributed by atoms with Crippen LogP contribution in [0.3, 0.4) is 0 Å². The third kappa shape index (κ3) is 5.71. The molecule has 2 heteroatoms. The van der Waals surface area contributed by atoms with Gasteiger partial charge in [-0.3, -0.25) is 0 Å². The Labute approximate surface area is 314 Å². The second-order valence-electron chi connectivity index (χ2n) is 13.7. The van der Waals surface area contributed by atoms with Gasteiger partial charge in [0.1, 0.15) is 11.2 Å². The van der Waals surface area contributed by atoms with Crippen LogP contribution in [0.5, 0.6) is 0 Å².